The molecule has 1 heterocycles. The Morgan fingerprint density at radius 1 is 1.04 bits per heavy atom. The van der Waals surface area contributed by atoms with Crippen molar-refractivity contribution in [3.63, 3.8) is 0 Å². The Bertz CT molecular complexity index is 669. The third-order valence-electron chi connectivity index (χ3n) is 4.53. The van der Waals surface area contributed by atoms with E-state index in [4.69, 9.17) is 9.47 Å². The second kappa shape index (κ2) is 7.82. The molecule has 0 saturated heterocycles. The van der Waals surface area contributed by atoms with E-state index < -0.39 is 29.9 Å². The SMILES string of the molecule is CCOC(=O)c1c(C)[nH]c(C)c1C(=O)COC(=O)C1(O)CCCCC1. The van der Waals surface area contributed by atoms with Crippen LogP contribution in [0, 0.1) is 13.8 Å². The van der Waals surface area contributed by atoms with Crippen LogP contribution in [0.3, 0.4) is 0 Å². The summed E-state index contributed by atoms with van der Waals surface area (Å²) in [6.45, 7) is 4.69. The normalized spacial score (nSPS) is 16.3. The van der Waals surface area contributed by atoms with E-state index in [-0.39, 0.29) is 17.7 Å². The first-order valence-corrected chi connectivity index (χ1v) is 8.59. The highest BCUT2D eigenvalue weighted by Crippen LogP contribution is 2.29. The monoisotopic (exact) mass is 351 g/mol. The molecule has 0 atom stereocenters. The van der Waals surface area contributed by atoms with Gasteiger partial charge in [-0.2, -0.15) is 0 Å². The van der Waals surface area contributed by atoms with E-state index in [1.165, 1.54) is 0 Å². The van der Waals surface area contributed by atoms with Gasteiger partial charge in [-0.05, 0) is 46.5 Å². The van der Waals surface area contributed by atoms with Crippen LogP contribution < -0.4 is 0 Å². The molecule has 7 nitrogen and oxygen atoms in total. The third kappa shape index (κ3) is 4.10. The lowest BCUT2D eigenvalue weighted by atomic mass is 9.85. The molecule has 2 rings (SSSR count). The van der Waals surface area contributed by atoms with Crippen LogP contribution in [0.1, 0.15) is 71.1 Å². The van der Waals surface area contributed by atoms with Gasteiger partial charge in [0.05, 0.1) is 17.7 Å². The fraction of sp³-hybridized carbons (Fsp3) is 0.611. The Balaban J connectivity index is 2.11. The minimum atomic E-state index is -1.51. The molecule has 1 aliphatic rings. The average molecular weight is 351 g/mol. The lowest BCUT2D eigenvalue weighted by Crippen LogP contribution is -2.42. The number of Topliss-reactive ketones (excluding diaryl/α,β-unsaturated/α-hetero) is 1. The van der Waals surface area contributed by atoms with Gasteiger partial charge in [-0.3, -0.25) is 4.79 Å². The van der Waals surface area contributed by atoms with Crippen molar-refractivity contribution >= 4 is 17.7 Å². The highest BCUT2D eigenvalue weighted by Gasteiger charge is 2.39. The fourth-order valence-corrected chi connectivity index (χ4v) is 3.27. The quantitative estimate of drug-likeness (QED) is 0.601. The summed E-state index contributed by atoms with van der Waals surface area (Å²) in [5, 5.41) is 10.3. The van der Waals surface area contributed by atoms with Crippen molar-refractivity contribution in [1.29, 1.82) is 0 Å². The van der Waals surface area contributed by atoms with Gasteiger partial charge in [0.25, 0.3) is 0 Å². The van der Waals surface area contributed by atoms with Crippen molar-refractivity contribution in [3.05, 3.63) is 22.5 Å². The third-order valence-corrected chi connectivity index (χ3v) is 4.53. The van der Waals surface area contributed by atoms with Crippen molar-refractivity contribution in [2.75, 3.05) is 13.2 Å². The molecule has 0 aromatic carbocycles. The predicted molar refractivity (Wildman–Crippen MR) is 89.5 cm³/mol. The van der Waals surface area contributed by atoms with Crippen LogP contribution in [0.2, 0.25) is 0 Å². The van der Waals surface area contributed by atoms with Crippen molar-refractivity contribution in [3.8, 4) is 0 Å². The van der Waals surface area contributed by atoms with Crippen molar-refractivity contribution in [2.24, 2.45) is 0 Å². The Morgan fingerprint density at radius 2 is 1.64 bits per heavy atom. The first kappa shape index (κ1) is 19.2. The number of ether oxygens (including phenoxy) is 2. The molecule has 1 saturated carbocycles. The van der Waals surface area contributed by atoms with E-state index in [0.29, 0.717) is 24.2 Å². The number of ketones is 1. The molecule has 2 N–H and O–H groups in total. The zero-order chi connectivity index (χ0) is 18.6. The van der Waals surface area contributed by atoms with Gasteiger partial charge in [-0.1, -0.05) is 6.42 Å². The van der Waals surface area contributed by atoms with E-state index in [9.17, 15) is 19.5 Å². The highest BCUT2D eigenvalue weighted by atomic mass is 16.6. The molecule has 0 spiro atoms. The molecule has 1 aromatic rings. The van der Waals surface area contributed by atoms with Crippen molar-refractivity contribution in [2.45, 2.75) is 58.5 Å². The molecule has 0 unspecified atom stereocenters. The number of hydrogen-bond acceptors (Lipinski definition) is 6. The Morgan fingerprint density at radius 3 is 2.24 bits per heavy atom. The smallest absolute Gasteiger partial charge is 0.340 e. The molecular weight excluding hydrogens is 326 g/mol. The number of aromatic nitrogens is 1. The van der Waals surface area contributed by atoms with Gasteiger partial charge < -0.3 is 19.6 Å². The summed E-state index contributed by atoms with van der Waals surface area (Å²) in [6.07, 6.45) is 3.16. The minimum absolute atomic E-state index is 0.164. The van der Waals surface area contributed by atoms with Gasteiger partial charge in [-0.25, -0.2) is 9.59 Å². The zero-order valence-corrected chi connectivity index (χ0v) is 14.9. The topological polar surface area (TPSA) is 106 Å². The van der Waals surface area contributed by atoms with E-state index in [0.717, 1.165) is 19.3 Å². The fourth-order valence-electron chi connectivity index (χ4n) is 3.27. The predicted octanol–water partition coefficient (Wildman–Crippen LogP) is 2.23. The number of esters is 2. The number of rotatable bonds is 6. The van der Waals surface area contributed by atoms with Gasteiger partial charge in [0, 0.05) is 11.4 Å². The number of aliphatic hydroxyl groups is 1. The van der Waals surface area contributed by atoms with Crippen LogP contribution in [-0.4, -0.2) is 46.6 Å². The Kier molecular flexibility index (Phi) is 6.00. The van der Waals surface area contributed by atoms with Gasteiger partial charge in [0.1, 0.15) is 0 Å². The molecule has 7 heteroatoms. The molecule has 1 fully saturated rings. The summed E-state index contributed by atoms with van der Waals surface area (Å²) >= 11 is 0. The number of aryl methyl sites for hydroxylation is 2. The maximum atomic E-state index is 12.5. The largest absolute Gasteiger partial charge is 0.462 e. The lowest BCUT2D eigenvalue weighted by Gasteiger charge is -2.29. The molecule has 0 radical (unpaired) electrons. The Hall–Kier alpha value is -2.15. The summed E-state index contributed by atoms with van der Waals surface area (Å²) in [4.78, 5) is 39.7. The summed E-state index contributed by atoms with van der Waals surface area (Å²) < 4.78 is 10.0. The first-order chi connectivity index (χ1) is 11.8. The van der Waals surface area contributed by atoms with Gasteiger partial charge >= 0.3 is 11.9 Å². The van der Waals surface area contributed by atoms with E-state index in [2.05, 4.69) is 4.98 Å². The molecule has 0 amide bonds. The summed E-state index contributed by atoms with van der Waals surface area (Å²) in [5.41, 5.74) is -0.142. The first-order valence-electron chi connectivity index (χ1n) is 8.59. The molecule has 0 bridgehead atoms. The van der Waals surface area contributed by atoms with Crippen LogP contribution in [0.5, 0.6) is 0 Å². The number of nitrogens with one attached hydrogen (secondary N) is 1. The molecule has 25 heavy (non-hydrogen) atoms. The summed E-state index contributed by atoms with van der Waals surface area (Å²) in [7, 11) is 0. The van der Waals surface area contributed by atoms with Gasteiger partial charge in [0.2, 0.25) is 5.78 Å². The summed E-state index contributed by atoms with van der Waals surface area (Å²) in [5.74, 6) is -1.87. The van der Waals surface area contributed by atoms with Crippen LogP contribution in [0.15, 0.2) is 0 Å². The molecule has 1 aliphatic carbocycles. The van der Waals surface area contributed by atoms with Crippen molar-refractivity contribution < 1.29 is 29.0 Å². The average Bonchev–Trinajstić information content (AvgIpc) is 2.87. The van der Waals surface area contributed by atoms with Crippen LogP contribution >= 0.6 is 0 Å². The standard InChI is InChI=1S/C18H25NO6/c1-4-24-16(21)15-12(3)19-11(2)14(15)13(20)10-25-17(22)18(23)8-6-5-7-9-18/h19,23H,4-10H2,1-3H3. The van der Waals surface area contributed by atoms with Crippen LogP contribution in [0.4, 0.5) is 0 Å². The number of hydrogen-bond donors (Lipinski definition) is 2. The van der Waals surface area contributed by atoms with Gasteiger partial charge in [-0.15, -0.1) is 0 Å². The minimum Gasteiger partial charge on any atom is -0.462 e. The second-order valence-corrected chi connectivity index (χ2v) is 6.44. The van der Waals surface area contributed by atoms with E-state index in [1.54, 1.807) is 20.8 Å². The molecule has 1 aromatic heterocycles. The number of carbonyl (C=O) groups excluding carboxylic acids is 3. The van der Waals surface area contributed by atoms with Crippen molar-refractivity contribution in [1.82, 2.24) is 4.98 Å². The molecular formula is C18H25NO6. The Labute approximate surface area is 146 Å². The van der Waals surface area contributed by atoms with E-state index >= 15 is 0 Å². The van der Waals surface area contributed by atoms with Gasteiger partial charge in [0.15, 0.2) is 12.2 Å². The molecule has 0 aliphatic heterocycles. The second-order valence-electron chi connectivity index (χ2n) is 6.44. The number of aromatic amines is 1. The maximum Gasteiger partial charge on any atom is 0.340 e. The lowest BCUT2D eigenvalue weighted by molar-refractivity contribution is -0.167. The zero-order valence-electron chi connectivity index (χ0n) is 14.9. The van der Waals surface area contributed by atoms with E-state index in [1.807, 2.05) is 0 Å². The highest BCUT2D eigenvalue weighted by molar-refractivity contribution is 6.09. The maximum absolute atomic E-state index is 12.5. The number of carbonyl (C=O) groups is 3. The molecule has 138 valence electrons. The van der Waals surface area contributed by atoms with Crippen LogP contribution in [-0.2, 0) is 14.3 Å². The number of H-pyrrole nitrogens is 1. The van der Waals surface area contributed by atoms with Crippen LogP contribution in [0.25, 0.3) is 0 Å². The summed E-state index contributed by atoms with van der Waals surface area (Å²) in [6, 6.07) is 0.